The number of rotatable bonds is 1. The molecule has 0 bridgehead atoms. The van der Waals surface area contributed by atoms with E-state index in [2.05, 4.69) is 4.98 Å². The number of ether oxygens (including phenoxy) is 1. The molecular weight excluding hydrogens is 182 g/mol. The SMILES string of the molecule is COc1cc2c(O)ccnc2cc1O. The van der Waals surface area contributed by atoms with Crippen molar-refractivity contribution in [3.63, 3.8) is 0 Å². The minimum absolute atomic E-state index is 0.0121. The largest absolute Gasteiger partial charge is 0.507 e. The third kappa shape index (κ3) is 1.21. The van der Waals surface area contributed by atoms with Crippen LogP contribution in [0.5, 0.6) is 17.2 Å². The fourth-order valence-electron chi connectivity index (χ4n) is 1.31. The van der Waals surface area contributed by atoms with Crippen LogP contribution in [0, 0.1) is 0 Å². The maximum atomic E-state index is 9.50. The maximum absolute atomic E-state index is 9.50. The Morgan fingerprint density at radius 3 is 2.71 bits per heavy atom. The summed E-state index contributed by atoms with van der Waals surface area (Å²) in [5.74, 6) is 0.451. The Hall–Kier alpha value is -1.97. The van der Waals surface area contributed by atoms with Crippen molar-refractivity contribution in [1.82, 2.24) is 4.98 Å². The first kappa shape index (κ1) is 8.62. The van der Waals surface area contributed by atoms with E-state index >= 15 is 0 Å². The number of aromatic hydroxyl groups is 2. The van der Waals surface area contributed by atoms with Crippen LogP contribution in [-0.2, 0) is 0 Å². The maximum Gasteiger partial charge on any atom is 0.161 e. The molecule has 0 spiro atoms. The molecule has 72 valence electrons. The van der Waals surface area contributed by atoms with Gasteiger partial charge >= 0.3 is 0 Å². The van der Waals surface area contributed by atoms with Crippen molar-refractivity contribution in [2.75, 3.05) is 7.11 Å². The van der Waals surface area contributed by atoms with Crippen molar-refractivity contribution in [2.24, 2.45) is 0 Å². The van der Waals surface area contributed by atoms with Crippen LogP contribution in [0.15, 0.2) is 24.4 Å². The van der Waals surface area contributed by atoms with Crippen molar-refractivity contribution in [2.45, 2.75) is 0 Å². The van der Waals surface area contributed by atoms with Gasteiger partial charge < -0.3 is 14.9 Å². The normalized spacial score (nSPS) is 10.4. The smallest absolute Gasteiger partial charge is 0.161 e. The summed E-state index contributed by atoms with van der Waals surface area (Å²) >= 11 is 0. The fourth-order valence-corrected chi connectivity index (χ4v) is 1.31. The summed E-state index contributed by atoms with van der Waals surface area (Å²) in [6.07, 6.45) is 1.48. The molecule has 4 nitrogen and oxygen atoms in total. The summed E-state index contributed by atoms with van der Waals surface area (Å²) in [5, 5.41) is 19.5. The molecule has 0 unspecified atom stereocenters. The number of phenols is 1. The Morgan fingerprint density at radius 2 is 2.00 bits per heavy atom. The van der Waals surface area contributed by atoms with Crippen molar-refractivity contribution in [1.29, 1.82) is 0 Å². The van der Waals surface area contributed by atoms with E-state index in [1.165, 1.54) is 25.4 Å². The Kier molecular flexibility index (Phi) is 1.89. The van der Waals surface area contributed by atoms with Crippen molar-refractivity contribution in [3.8, 4) is 17.2 Å². The number of methoxy groups -OCH3 is 1. The predicted octanol–water partition coefficient (Wildman–Crippen LogP) is 1.65. The van der Waals surface area contributed by atoms with Gasteiger partial charge in [-0.3, -0.25) is 4.98 Å². The molecule has 0 saturated carbocycles. The zero-order chi connectivity index (χ0) is 10.1. The lowest BCUT2D eigenvalue weighted by Crippen LogP contribution is -1.85. The van der Waals surface area contributed by atoms with Crippen molar-refractivity contribution >= 4 is 10.9 Å². The average molecular weight is 191 g/mol. The van der Waals surface area contributed by atoms with Crippen molar-refractivity contribution < 1.29 is 14.9 Å². The molecule has 2 rings (SSSR count). The topological polar surface area (TPSA) is 62.6 Å². The molecule has 0 fully saturated rings. The van der Waals surface area contributed by atoms with E-state index in [-0.39, 0.29) is 11.5 Å². The first-order chi connectivity index (χ1) is 6.72. The molecule has 0 atom stereocenters. The number of hydrogen-bond acceptors (Lipinski definition) is 4. The number of nitrogens with zero attached hydrogens (tertiary/aromatic N) is 1. The summed E-state index contributed by atoms with van der Waals surface area (Å²) in [4.78, 5) is 4.00. The molecule has 14 heavy (non-hydrogen) atoms. The molecule has 1 heterocycles. The van der Waals surface area contributed by atoms with Crippen LogP contribution in [0.4, 0.5) is 0 Å². The third-order valence-electron chi connectivity index (χ3n) is 2.02. The molecular formula is C10H9NO3. The Labute approximate surface area is 80.4 Å². The minimum Gasteiger partial charge on any atom is -0.507 e. The van der Waals surface area contributed by atoms with Gasteiger partial charge in [-0.05, 0) is 12.1 Å². The molecule has 0 amide bonds. The van der Waals surface area contributed by atoms with Gasteiger partial charge in [0.15, 0.2) is 11.5 Å². The van der Waals surface area contributed by atoms with Gasteiger partial charge in [0.1, 0.15) is 5.75 Å². The fraction of sp³-hybridized carbons (Fsp3) is 0.100. The lowest BCUT2D eigenvalue weighted by Gasteiger charge is -2.05. The molecule has 0 radical (unpaired) electrons. The quantitative estimate of drug-likeness (QED) is 0.719. The van der Waals surface area contributed by atoms with Gasteiger partial charge in [-0.25, -0.2) is 0 Å². The first-order valence-electron chi connectivity index (χ1n) is 4.07. The van der Waals surface area contributed by atoms with E-state index in [4.69, 9.17) is 4.74 Å². The number of phenolic OH excluding ortho intramolecular Hbond substituents is 1. The predicted molar refractivity (Wildman–Crippen MR) is 51.6 cm³/mol. The highest BCUT2D eigenvalue weighted by molar-refractivity contribution is 5.87. The van der Waals surface area contributed by atoms with Crippen LogP contribution in [0.1, 0.15) is 0 Å². The zero-order valence-corrected chi connectivity index (χ0v) is 7.56. The van der Waals surface area contributed by atoms with E-state index < -0.39 is 0 Å². The van der Waals surface area contributed by atoms with Crippen LogP contribution < -0.4 is 4.74 Å². The summed E-state index contributed by atoms with van der Waals surface area (Å²) in [6.45, 7) is 0. The second kappa shape index (κ2) is 3.06. The van der Waals surface area contributed by atoms with E-state index in [9.17, 15) is 10.2 Å². The van der Waals surface area contributed by atoms with E-state index in [0.717, 1.165) is 0 Å². The lowest BCUT2D eigenvalue weighted by atomic mass is 10.2. The summed E-state index contributed by atoms with van der Waals surface area (Å²) < 4.78 is 4.92. The summed E-state index contributed by atoms with van der Waals surface area (Å²) in [6, 6.07) is 4.49. The van der Waals surface area contributed by atoms with E-state index in [1.807, 2.05) is 0 Å². The molecule has 2 aromatic rings. The third-order valence-corrected chi connectivity index (χ3v) is 2.02. The Bertz CT molecular complexity index is 482. The van der Waals surface area contributed by atoms with Gasteiger partial charge in [-0.15, -0.1) is 0 Å². The van der Waals surface area contributed by atoms with E-state index in [0.29, 0.717) is 16.7 Å². The Balaban J connectivity index is 2.80. The lowest BCUT2D eigenvalue weighted by molar-refractivity contribution is 0.374. The molecule has 4 heteroatoms. The van der Waals surface area contributed by atoms with Crippen molar-refractivity contribution in [3.05, 3.63) is 24.4 Å². The van der Waals surface area contributed by atoms with Crippen LogP contribution in [0.3, 0.4) is 0 Å². The van der Waals surface area contributed by atoms with Gasteiger partial charge in [-0.2, -0.15) is 0 Å². The number of hydrogen-bond donors (Lipinski definition) is 2. The van der Waals surface area contributed by atoms with Crippen LogP contribution >= 0.6 is 0 Å². The second-order valence-electron chi connectivity index (χ2n) is 2.87. The zero-order valence-electron chi connectivity index (χ0n) is 7.56. The molecule has 0 aliphatic rings. The summed E-state index contributed by atoms with van der Waals surface area (Å²) in [7, 11) is 1.45. The molecule has 0 aliphatic heterocycles. The number of aromatic nitrogens is 1. The minimum atomic E-state index is 0.0121. The average Bonchev–Trinajstić information content (AvgIpc) is 2.17. The molecule has 1 aromatic heterocycles. The van der Waals surface area contributed by atoms with Crippen LogP contribution in [0.25, 0.3) is 10.9 Å². The Morgan fingerprint density at radius 1 is 1.21 bits per heavy atom. The monoisotopic (exact) mass is 191 g/mol. The highest BCUT2D eigenvalue weighted by atomic mass is 16.5. The number of fused-ring (bicyclic) bond motifs is 1. The highest BCUT2D eigenvalue weighted by Crippen LogP contribution is 2.33. The molecule has 1 aromatic carbocycles. The molecule has 2 N–H and O–H groups in total. The number of benzene rings is 1. The van der Waals surface area contributed by atoms with Gasteiger partial charge in [0.2, 0.25) is 0 Å². The van der Waals surface area contributed by atoms with E-state index in [1.54, 1.807) is 6.07 Å². The second-order valence-corrected chi connectivity index (χ2v) is 2.87. The standard InChI is InChI=1S/C10H9NO3/c1-14-10-4-6-7(5-9(10)13)11-3-2-8(6)12/h2-5,13H,1H3,(H,11,12). The highest BCUT2D eigenvalue weighted by Gasteiger charge is 2.07. The van der Waals surface area contributed by atoms with Crippen LogP contribution in [-0.4, -0.2) is 22.3 Å². The van der Waals surface area contributed by atoms with Crippen LogP contribution in [0.2, 0.25) is 0 Å². The molecule has 0 saturated heterocycles. The van der Waals surface area contributed by atoms with Gasteiger partial charge in [-0.1, -0.05) is 0 Å². The molecule has 0 aliphatic carbocycles. The number of pyridine rings is 1. The van der Waals surface area contributed by atoms with Gasteiger partial charge in [0, 0.05) is 17.6 Å². The first-order valence-corrected chi connectivity index (χ1v) is 4.07. The van der Waals surface area contributed by atoms with Gasteiger partial charge in [0.25, 0.3) is 0 Å². The van der Waals surface area contributed by atoms with Gasteiger partial charge in [0.05, 0.1) is 12.6 Å². The summed E-state index contributed by atoms with van der Waals surface area (Å²) in [5.41, 5.74) is 0.531.